The van der Waals surface area contributed by atoms with Crippen molar-refractivity contribution < 1.29 is 27.2 Å². The number of carbonyl (C=O) groups excluding carboxylic acids is 2. The summed E-state index contributed by atoms with van der Waals surface area (Å²) < 4.78 is 56.0. The number of hydrogen-bond acceptors (Lipinski definition) is 4. The van der Waals surface area contributed by atoms with Gasteiger partial charge in [-0.3, -0.25) is 19.3 Å². The molecule has 4 aromatic rings. The SMILES string of the molecule is O=C(CC1Cc2cc(Cl)c3[nH]ncc3c2CN(CC(F)(F)F)C1=O)N1CCC(n2c(=O)[nH]c3c(F)cccc32)CC1. The molecule has 2 aliphatic heterocycles. The first-order valence-corrected chi connectivity index (χ1v) is 13.5. The van der Waals surface area contributed by atoms with Gasteiger partial charge in [-0.25, -0.2) is 9.18 Å². The molecule has 6 rings (SSSR count). The highest BCUT2D eigenvalue weighted by Crippen LogP contribution is 2.35. The van der Waals surface area contributed by atoms with Crippen LogP contribution in [-0.2, 0) is 22.6 Å². The fraction of sp³-hybridized carbons (Fsp3) is 0.407. The number of benzene rings is 2. The second-order valence-electron chi connectivity index (χ2n) is 10.6. The fourth-order valence-corrected chi connectivity index (χ4v) is 6.41. The Bertz CT molecular complexity index is 1720. The van der Waals surface area contributed by atoms with Gasteiger partial charge in [0.15, 0.2) is 0 Å². The van der Waals surface area contributed by atoms with E-state index < -0.39 is 36.1 Å². The second kappa shape index (κ2) is 10.2. The van der Waals surface area contributed by atoms with E-state index >= 15 is 0 Å². The maximum atomic E-state index is 14.1. The molecule has 2 N–H and O–H groups in total. The number of aromatic nitrogens is 4. The number of carbonyl (C=O) groups is 2. The van der Waals surface area contributed by atoms with Crippen LogP contribution in [0.25, 0.3) is 21.9 Å². The number of para-hydroxylation sites is 1. The molecule has 2 amide bonds. The summed E-state index contributed by atoms with van der Waals surface area (Å²) >= 11 is 6.38. The first-order chi connectivity index (χ1) is 19.5. The van der Waals surface area contributed by atoms with Crippen molar-refractivity contribution >= 4 is 45.4 Å². The molecule has 14 heteroatoms. The minimum atomic E-state index is -4.62. The third-order valence-electron chi connectivity index (χ3n) is 8.04. The van der Waals surface area contributed by atoms with Crippen LogP contribution >= 0.6 is 11.6 Å². The van der Waals surface area contributed by atoms with Crippen LogP contribution in [0.1, 0.15) is 36.4 Å². The van der Waals surface area contributed by atoms with Gasteiger partial charge in [0.05, 0.1) is 28.2 Å². The van der Waals surface area contributed by atoms with Crippen LogP contribution in [0.15, 0.2) is 35.3 Å². The molecule has 1 atom stereocenters. The number of amides is 2. The van der Waals surface area contributed by atoms with Gasteiger partial charge in [0.25, 0.3) is 0 Å². The molecule has 0 radical (unpaired) electrons. The third-order valence-corrected chi connectivity index (χ3v) is 8.34. The number of likely N-dealkylation sites (tertiary alicyclic amines) is 1. The number of aromatic amines is 2. The van der Waals surface area contributed by atoms with Crippen LogP contribution in [0.5, 0.6) is 0 Å². The molecule has 0 bridgehead atoms. The number of hydrogen-bond donors (Lipinski definition) is 2. The van der Waals surface area contributed by atoms with Crippen LogP contribution in [0.2, 0.25) is 5.02 Å². The molecular weight excluding hydrogens is 568 g/mol. The summed E-state index contributed by atoms with van der Waals surface area (Å²) in [5, 5.41) is 7.56. The number of nitrogens with zero attached hydrogens (tertiary/aromatic N) is 4. The first-order valence-electron chi connectivity index (χ1n) is 13.2. The van der Waals surface area contributed by atoms with Crippen molar-refractivity contribution in [1.82, 2.24) is 29.5 Å². The molecule has 1 fully saturated rings. The van der Waals surface area contributed by atoms with Gasteiger partial charge in [-0.2, -0.15) is 18.3 Å². The van der Waals surface area contributed by atoms with Crippen molar-refractivity contribution in [2.75, 3.05) is 19.6 Å². The summed E-state index contributed by atoms with van der Waals surface area (Å²) in [6.07, 6.45) is -2.52. The Hall–Kier alpha value is -3.87. The Balaban J connectivity index is 1.21. The number of alkyl halides is 3. The minimum absolute atomic E-state index is 0.0574. The normalized spacial score (nSPS) is 18.8. The predicted molar refractivity (Wildman–Crippen MR) is 142 cm³/mol. The van der Waals surface area contributed by atoms with E-state index in [4.69, 9.17) is 11.6 Å². The molecule has 0 spiro atoms. The van der Waals surface area contributed by atoms with E-state index in [1.54, 1.807) is 17.0 Å². The van der Waals surface area contributed by atoms with Gasteiger partial charge in [0, 0.05) is 37.5 Å². The van der Waals surface area contributed by atoms with E-state index in [0.717, 1.165) is 4.90 Å². The second-order valence-corrected chi connectivity index (χ2v) is 11.0. The largest absolute Gasteiger partial charge is 0.406 e. The number of rotatable bonds is 4. The summed E-state index contributed by atoms with van der Waals surface area (Å²) in [6, 6.07) is 5.79. The van der Waals surface area contributed by atoms with Crippen molar-refractivity contribution in [2.45, 2.75) is 44.4 Å². The van der Waals surface area contributed by atoms with Gasteiger partial charge in [0.1, 0.15) is 17.9 Å². The zero-order valence-electron chi connectivity index (χ0n) is 21.6. The highest BCUT2D eigenvalue weighted by atomic mass is 35.5. The molecule has 41 heavy (non-hydrogen) atoms. The number of H-pyrrole nitrogens is 2. The summed E-state index contributed by atoms with van der Waals surface area (Å²) in [5.41, 5.74) is 1.72. The maximum absolute atomic E-state index is 14.1. The van der Waals surface area contributed by atoms with Crippen LogP contribution in [-0.4, -0.2) is 67.2 Å². The Morgan fingerprint density at radius 3 is 2.63 bits per heavy atom. The van der Waals surface area contributed by atoms with Crippen molar-refractivity contribution in [3.63, 3.8) is 0 Å². The lowest BCUT2D eigenvalue weighted by Crippen LogP contribution is -2.44. The Kier molecular flexibility index (Phi) is 6.79. The maximum Gasteiger partial charge on any atom is 0.406 e. The van der Waals surface area contributed by atoms with Gasteiger partial charge in [-0.1, -0.05) is 17.7 Å². The zero-order valence-corrected chi connectivity index (χ0v) is 22.4. The van der Waals surface area contributed by atoms with E-state index in [-0.39, 0.29) is 49.9 Å². The lowest BCUT2D eigenvalue weighted by Gasteiger charge is -2.33. The summed E-state index contributed by atoms with van der Waals surface area (Å²) in [4.78, 5) is 44.2. The minimum Gasteiger partial charge on any atom is -0.343 e. The molecule has 4 heterocycles. The highest BCUT2D eigenvalue weighted by molar-refractivity contribution is 6.35. The standard InChI is InChI=1S/C27H25ClF4N6O3/c28-19-9-14-8-15(25(40)37(13-27(30,31)32)12-18(14)17-11-33-35-23(17)19)10-22(39)36-6-4-16(5-7-36)38-21-3-1-2-20(29)24(21)34-26(38)41/h1-3,9,11,15-16H,4-8,10,12-13H2,(H,33,35)(H,34,41). The van der Waals surface area contributed by atoms with E-state index in [1.165, 1.54) is 22.9 Å². The van der Waals surface area contributed by atoms with Crippen molar-refractivity contribution in [1.29, 1.82) is 0 Å². The van der Waals surface area contributed by atoms with Crippen LogP contribution < -0.4 is 5.69 Å². The molecule has 0 saturated carbocycles. The number of halogens is 5. The molecule has 0 aliphatic carbocycles. The Morgan fingerprint density at radius 2 is 1.90 bits per heavy atom. The highest BCUT2D eigenvalue weighted by Gasteiger charge is 2.39. The molecule has 9 nitrogen and oxygen atoms in total. The summed E-state index contributed by atoms with van der Waals surface area (Å²) in [7, 11) is 0. The van der Waals surface area contributed by atoms with Gasteiger partial charge in [-0.15, -0.1) is 0 Å². The van der Waals surface area contributed by atoms with Crippen molar-refractivity contribution in [2.24, 2.45) is 5.92 Å². The predicted octanol–water partition coefficient (Wildman–Crippen LogP) is 4.32. The number of piperidine rings is 1. The molecule has 1 unspecified atom stereocenters. The van der Waals surface area contributed by atoms with Crippen LogP contribution in [0.4, 0.5) is 17.6 Å². The van der Waals surface area contributed by atoms with Gasteiger partial charge in [0.2, 0.25) is 11.8 Å². The first kappa shape index (κ1) is 27.3. The Labute approximate surface area is 235 Å². The van der Waals surface area contributed by atoms with Crippen molar-refractivity contribution in [3.05, 3.63) is 62.9 Å². The number of fused-ring (bicyclic) bond motifs is 4. The van der Waals surface area contributed by atoms with Crippen LogP contribution in [0, 0.1) is 11.7 Å². The summed E-state index contributed by atoms with van der Waals surface area (Å²) in [5.74, 6) is -2.65. The molecular formula is C27H25ClF4N6O3. The summed E-state index contributed by atoms with van der Waals surface area (Å²) in [6.45, 7) is -1.16. The molecule has 2 aromatic carbocycles. The smallest absolute Gasteiger partial charge is 0.343 e. The lowest BCUT2D eigenvalue weighted by atomic mass is 9.92. The zero-order chi connectivity index (χ0) is 29.1. The van der Waals surface area contributed by atoms with Gasteiger partial charge >= 0.3 is 11.9 Å². The number of imidazole rings is 1. The monoisotopic (exact) mass is 592 g/mol. The Morgan fingerprint density at radius 1 is 1.15 bits per heavy atom. The lowest BCUT2D eigenvalue weighted by molar-refractivity contribution is -0.165. The molecule has 216 valence electrons. The average Bonchev–Trinajstić information content (AvgIpc) is 3.51. The van der Waals surface area contributed by atoms with Gasteiger partial charge in [-0.05, 0) is 48.6 Å². The van der Waals surface area contributed by atoms with Crippen LogP contribution in [0.3, 0.4) is 0 Å². The fourth-order valence-electron chi connectivity index (χ4n) is 6.13. The van der Waals surface area contributed by atoms with E-state index in [9.17, 15) is 31.9 Å². The average molecular weight is 593 g/mol. The van der Waals surface area contributed by atoms with E-state index in [2.05, 4.69) is 15.2 Å². The quantitative estimate of drug-likeness (QED) is 0.344. The molecule has 2 aliphatic rings. The topological polar surface area (TPSA) is 107 Å². The molecule has 1 saturated heterocycles. The van der Waals surface area contributed by atoms with Crippen molar-refractivity contribution in [3.8, 4) is 0 Å². The third kappa shape index (κ3) is 5.07. The number of nitrogens with one attached hydrogen (secondary N) is 2. The van der Waals surface area contributed by atoms with E-state index in [1.807, 2.05) is 0 Å². The van der Waals surface area contributed by atoms with Gasteiger partial charge < -0.3 is 14.8 Å². The van der Waals surface area contributed by atoms with E-state index in [0.29, 0.717) is 45.4 Å². The molecule has 2 aromatic heterocycles.